The zero-order chi connectivity index (χ0) is 13.4. The number of carbonyl (C=O) groups is 1. The van der Waals surface area contributed by atoms with E-state index in [1.165, 1.54) is 5.56 Å². The number of carbonyl (C=O) groups excluding carboxylic acids is 1. The first-order chi connectivity index (χ1) is 8.65. The van der Waals surface area contributed by atoms with Crippen LogP contribution in [0.15, 0.2) is 18.2 Å². The van der Waals surface area contributed by atoms with Crippen LogP contribution in [-0.4, -0.2) is 20.0 Å². The minimum atomic E-state index is 0.276. The van der Waals surface area contributed by atoms with Gasteiger partial charge >= 0.3 is 0 Å². The number of ketones is 1. The van der Waals surface area contributed by atoms with Crippen molar-refractivity contribution in [3.63, 3.8) is 0 Å². The number of rotatable bonds is 8. The molecule has 0 unspecified atom stereocenters. The zero-order valence-corrected chi connectivity index (χ0v) is 11.5. The quantitative estimate of drug-likeness (QED) is 0.663. The van der Waals surface area contributed by atoms with Gasteiger partial charge in [0.05, 0.1) is 14.2 Å². The largest absolute Gasteiger partial charge is 0.497 e. The summed E-state index contributed by atoms with van der Waals surface area (Å²) >= 11 is 0. The molecular formula is C15H22O3. The lowest BCUT2D eigenvalue weighted by molar-refractivity contribution is -0.117. The number of ether oxygens (including phenoxy) is 2. The van der Waals surface area contributed by atoms with Gasteiger partial charge in [0.25, 0.3) is 0 Å². The number of Topliss-reactive ketones (excluding diaryl/α,β-unsaturated/α-hetero) is 1. The number of benzene rings is 1. The highest BCUT2D eigenvalue weighted by Gasteiger charge is 2.02. The molecule has 0 fully saturated rings. The fraction of sp³-hybridized carbons (Fsp3) is 0.533. The van der Waals surface area contributed by atoms with Crippen LogP contribution in [0, 0.1) is 0 Å². The van der Waals surface area contributed by atoms with Crippen molar-refractivity contribution in [3.05, 3.63) is 23.8 Å². The molecule has 18 heavy (non-hydrogen) atoms. The van der Waals surface area contributed by atoms with Crippen molar-refractivity contribution >= 4 is 5.78 Å². The molecule has 100 valence electrons. The Kier molecular flexibility index (Phi) is 6.26. The van der Waals surface area contributed by atoms with Crippen LogP contribution in [0.4, 0.5) is 0 Å². The van der Waals surface area contributed by atoms with Gasteiger partial charge in [-0.3, -0.25) is 0 Å². The number of aryl methyl sites for hydroxylation is 1. The number of methoxy groups -OCH3 is 2. The van der Waals surface area contributed by atoms with Gasteiger partial charge < -0.3 is 14.3 Å². The molecule has 1 aromatic carbocycles. The van der Waals surface area contributed by atoms with E-state index in [1.807, 2.05) is 18.2 Å². The SMILES string of the molecule is COc1cc(CCCCCC(C)=O)cc(OC)c1. The smallest absolute Gasteiger partial charge is 0.129 e. The van der Waals surface area contributed by atoms with E-state index in [0.717, 1.165) is 37.2 Å². The van der Waals surface area contributed by atoms with Crippen molar-refractivity contribution < 1.29 is 14.3 Å². The van der Waals surface area contributed by atoms with Crippen LogP contribution in [0.2, 0.25) is 0 Å². The fourth-order valence-corrected chi connectivity index (χ4v) is 1.89. The van der Waals surface area contributed by atoms with Gasteiger partial charge in [0.1, 0.15) is 17.3 Å². The first-order valence-corrected chi connectivity index (χ1v) is 6.37. The highest BCUT2D eigenvalue weighted by molar-refractivity contribution is 5.75. The molecule has 3 nitrogen and oxygen atoms in total. The maximum absolute atomic E-state index is 10.8. The molecule has 0 bridgehead atoms. The molecule has 0 atom stereocenters. The summed E-state index contributed by atoms with van der Waals surface area (Å²) < 4.78 is 10.5. The Morgan fingerprint density at radius 1 is 1.00 bits per heavy atom. The minimum absolute atomic E-state index is 0.276. The van der Waals surface area contributed by atoms with Crippen LogP contribution in [0.5, 0.6) is 11.5 Å². The average molecular weight is 250 g/mol. The molecule has 0 spiro atoms. The van der Waals surface area contributed by atoms with E-state index in [0.29, 0.717) is 6.42 Å². The van der Waals surface area contributed by atoms with E-state index in [2.05, 4.69) is 0 Å². The molecule has 0 saturated carbocycles. The molecule has 0 saturated heterocycles. The number of unbranched alkanes of at least 4 members (excludes halogenated alkanes) is 2. The van der Waals surface area contributed by atoms with Gasteiger partial charge in [0, 0.05) is 12.5 Å². The molecule has 3 heteroatoms. The molecule has 1 aromatic rings. The third-order valence-corrected chi connectivity index (χ3v) is 2.91. The van der Waals surface area contributed by atoms with E-state index in [1.54, 1.807) is 21.1 Å². The number of hydrogen-bond acceptors (Lipinski definition) is 3. The van der Waals surface area contributed by atoms with Crippen LogP contribution in [0.1, 0.15) is 38.2 Å². The van der Waals surface area contributed by atoms with Crippen LogP contribution in [0.25, 0.3) is 0 Å². The first-order valence-electron chi connectivity index (χ1n) is 6.37. The fourth-order valence-electron chi connectivity index (χ4n) is 1.89. The summed E-state index contributed by atoms with van der Waals surface area (Å²) in [6.45, 7) is 1.65. The molecular weight excluding hydrogens is 228 g/mol. The van der Waals surface area contributed by atoms with Crippen molar-refractivity contribution in [2.75, 3.05) is 14.2 Å². The normalized spacial score (nSPS) is 10.2. The van der Waals surface area contributed by atoms with E-state index >= 15 is 0 Å². The second kappa shape index (κ2) is 7.75. The Morgan fingerprint density at radius 3 is 2.11 bits per heavy atom. The zero-order valence-electron chi connectivity index (χ0n) is 11.5. The van der Waals surface area contributed by atoms with E-state index < -0.39 is 0 Å². The molecule has 1 rings (SSSR count). The standard InChI is InChI=1S/C15H22O3/c1-12(16)7-5-4-6-8-13-9-14(17-2)11-15(10-13)18-3/h9-11H,4-8H2,1-3H3. The third kappa shape index (κ3) is 5.21. The van der Waals surface area contributed by atoms with Crippen molar-refractivity contribution in [1.82, 2.24) is 0 Å². The lowest BCUT2D eigenvalue weighted by Crippen LogP contribution is -1.93. The Labute approximate surface area is 109 Å². The topological polar surface area (TPSA) is 35.5 Å². The Hall–Kier alpha value is -1.51. The second-order valence-electron chi connectivity index (χ2n) is 4.48. The molecule has 0 aliphatic carbocycles. The summed E-state index contributed by atoms with van der Waals surface area (Å²) in [6, 6.07) is 5.94. The van der Waals surface area contributed by atoms with Gasteiger partial charge in [0.15, 0.2) is 0 Å². The lowest BCUT2D eigenvalue weighted by atomic mass is 10.0. The molecule has 0 aliphatic heterocycles. The van der Waals surface area contributed by atoms with Gasteiger partial charge in [-0.2, -0.15) is 0 Å². The molecule has 0 aliphatic rings. The molecule has 0 radical (unpaired) electrons. The van der Waals surface area contributed by atoms with Crippen LogP contribution in [0.3, 0.4) is 0 Å². The highest BCUT2D eigenvalue weighted by atomic mass is 16.5. The Morgan fingerprint density at radius 2 is 1.61 bits per heavy atom. The van der Waals surface area contributed by atoms with Gasteiger partial charge in [-0.25, -0.2) is 0 Å². The predicted octanol–water partition coefficient (Wildman–Crippen LogP) is 3.40. The van der Waals surface area contributed by atoms with E-state index in [-0.39, 0.29) is 5.78 Å². The molecule has 0 aromatic heterocycles. The van der Waals surface area contributed by atoms with Crippen LogP contribution >= 0.6 is 0 Å². The third-order valence-electron chi connectivity index (χ3n) is 2.91. The Balaban J connectivity index is 2.43. The maximum atomic E-state index is 10.8. The lowest BCUT2D eigenvalue weighted by Gasteiger charge is -2.08. The predicted molar refractivity (Wildman–Crippen MR) is 72.4 cm³/mol. The maximum Gasteiger partial charge on any atom is 0.129 e. The monoisotopic (exact) mass is 250 g/mol. The van der Waals surface area contributed by atoms with Gasteiger partial charge in [-0.15, -0.1) is 0 Å². The van der Waals surface area contributed by atoms with E-state index in [9.17, 15) is 4.79 Å². The summed E-state index contributed by atoms with van der Waals surface area (Å²) in [5.41, 5.74) is 1.22. The van der Waals surface area contributed by atoms with Crippen LogP contribution < -0.4 is 9.47 Å². The minimum Gasteiger partial charge on any atom is -0.497 e. The number of hydrogen-bond donors (Lipinski definition) is 0. The first kappa shape index (κ1) is 14.6. The Bertz CT molecular complexity index is 363. The van der Waals surface area contributed by atoms with Gasteiger partial charge in [-0.1, -0.05) is 6.42 Å². The molecule has 0 amide bonds. The van der Waals surface area contributed by atoms with Crippen molar-refractivity contribution in [2.24, 2.45) is 0 Å². The second-order valence-corrected chi connectivity index (χ2v) is 4.48. The highest BCUT2D eigenvalue weighted by Crippen LogP contribution is 2.23. The van der Waals surface area contributed by atoms with Crippen molar-refractivity contribution in [1.29, 1.82) is 0 Å². The van der Waals surface area contributed by atoms with Crippen LogP contribution in [-0.2, 0) is 11.2 Å². The summed E-state index contributed by atoms with van der Waals surface area (Å²) in [5, 5.41) is 0. The van der Waals surface area contributed by atoms with Crippen molar-refractivity contribution in [3.8, 4) is 11.5 Å². The summed E-state index contributed by atoms with van der Waals surface area (Å²) in [6.07, 6.45) is 4.84. The van der Waals surface area contributed by atoms with Gasteiger partial charge in [-0.05, 0) is 43.9 Å². The van der Waals surface area contributed by atoms with Gasteiger partial charge in [0.2, 0.25) is 0 Å². The summed E-state index contributed by atoms with van der Waals surface area (Å²) in [5.74, 6) is 1.93. The van der Waals surface area contributed by atoms with Crippen molar-refractivity contribution in [2.45, 2.75) is 39.0 Å². The summed E-state index contributed by atoms with van der Waals surface area (Å²) in [4.78, 5) is 10.8. The summed E-state index contributed by atoms with van der Waals surface area (Å²) in [7, 11) is 3.32. The molecule has 0 heterocycles. The molecule has 0 N–H and O–H groups in total. The van der Waals surface area contributed by atoms with E-state index in [4.69, 9.17) is 9.47 Å². The average Bonchev–Trinajstić information content (AvgIpc) is 2.37.